The van der Waals surface area contributed by atoms with E-state index >= 15 is 0 Å². The van der Waals surface area contributed by atoms with E-state index < -0.39 is 6.36 Å². The van der Waals surface area contributed by atoms with E-state index in [1.54, 1.807) is 6.07 Å². The van der Waals surface area contributed by atoms with Gasteiger partial charge in [-0.1, -0.05) is 12.1 Å². The van der Waals surface area contributed by atoms with Crippen molar-refractivity contribution >= 4 is 5.91 Å². The number of rotatable bonds is 4. The first kappa shape index (κ1) is 18.0. The predicted octanol–water partition coefficient (Wildman–Crippen LogP) is 2.36. The zero-order chi connectivity index (χ0) is 17.9. The molecule has 0 radical (unpaired) electrons. The van der Waals surface area contributed by atoms with Crippen LogP contribution < -0.4 is 15.4 Å². The lowest BCUT2D eigenvalue weighted by Crippen LogP contribution is -2.53. The van der Waals surface area contributed by atoms with Crippen molar-refractivity contribution in [3.8, 4) is 5.75 Å². The van der Waals surface area contributed by atoms with Crippen LogP contribution in [0.3, 0.4) is 0 Å². The molecule has 1 aliphatic heterocycles. The second kappa shape index (κ2) is 7.61. The summed E-state index contributed by atoms with van der Waals surface area (Å²) < 4.78 is 46.4. The number of nitrogens with one attached hydrogen (secondary N) is 2. The largest absolute Gasteiger partial charge is 0.573 e. The van der Waals surface area contributed by atoms with Gasteiger partial charge in [0.1, 0.15) is 5.75 Å². The van der Waals surface area contributed by atoms with Gasteiger partial charge in [-0.2, -0.15) is 0 Å². The van der Waals surface area contributed by atoms with Crippen LogP contribution in [0.5, 0.6) is 5.75 Å². The highest BCUT2D eigenvalue weighted by Gasteiger charge is 2.35. The highest BCUT2D eigenvalue weighted by Crippen LogP contribution is 2.28. The number of carbonyl (C=O) groups is 1. The fraction of sp³-hybridized carbons (Fsp3) is 0.588. The van der Waals surface area contributed by atoms with Crippen molar-refractivity contribution in [3.63, 3.8) is 0 Å². The maximum atomic E-state index is 12.4. The fourth-order valence-corrected chi connectivity index (χ4v) is 3.44. The minimum Gasteiger partial charge on any atom is -0.406 e. The van der Waals surface area contributed by atoms with Crippen LogP contribution in [0.15, 0.2) is 24.3 Å². The first-order valence-electron chi connectivity index (χ1n) is 8.38. The third-order valence-electron chi connectivity index (χ3n) is 4.60. The van der Waals surface area contributed by atoms with E-state index in [9.17, 15) is 18.0 Å². The zero-order valence-corrected chi connectivity index (χ0v) is 13.6. The Labute approximate surface area is 143 Å². The van der Waals surface area contributed by atoms with Crippen molar-refractivity contribution in [2.45, 2.75) is 44.3 Å². The Morgan fingerprint density at radius 1 is 1.36 bits per heavy atom. The SMILES string of the molecule is O=C(NCc1cccc(OC(F)(F)F)c1)[C@H]1CC[C@H]2OCCN[C@@H]2C1. The number of carbonyl (C=O) groups excluding carboxylic acids is 1. The number of halogens is 3. The van der Waals surface area contributed by atoms with Crippen LogP contribution in [0, 0.1) is 5.92 Å². The molecular weight excluding hydrogens is 337 g/mol. The number of hydrogen-bond donors (Lipinski definition) is 2. The van der Waals surface area contributed by atoms with Gasteiger partial charge in [0.15, 0.2) is 0 Å². The summed E-state index contributed by atoms with van der Waals surface area (Å²) in [6.45, 7) is 1.66. The van der Waals surface area contributed by atoms with E-state index in [1.807, 2.05) is 0 Å². The molecule has 1 aromatic rings. The Hall–Kier alpha value is -1.80. The molecule has 1 heterocycles. The first-order chi connectivity index (χ1) is 11.9. The number of morpholine rings is 1. The van der Waals surface area contributed by atoms with Gasteiger partial charge >= 0.3 is 6.36 Å². The van der Waals surface area contributed by atoms with Crippen molar-refractivity contribution in [1.29, 1.82) is 0 Å². The Kier molecular flexibility index (Phi) is 5.48. The van der Waals surface area contributed by atoms with E-state index in [0.717, 1.165) is 19.4 Å². The quantitative estimate of drug-likeness (QED) is 0.868. The second-order valence-electron chi connectivity index (χ2n) is 6.39. The van der Waals surface area contributed by atoms with Crippen molar-refractivity contribution in [1.82, 2.24) is 10.6 Å². The molecular formula is C17H21F3N2O3. The smallest absolute Gasteiger partial charge is 0.406 e. The zero-order valence-electron chi connectivity index (χ0n) is 13.6. The van der Waals surface area contributed by atoms with Gasteiger partial charge in [-0.3, -0.25) is 4.79 Å². The molecule has 3 atom stereocenters. The Morgan fingerprint density at radius 3 is 3.00 bits per heavy atom. The Bertz CT molecular complexity index is 609. The molecule has 1 aromatic carbocycles. The molecule has 2 N–H and O–H groups in total. The first-order valence-corrected chi connectivity index (χ1v) is 8.38. The average molecular weight is 358 g/mol. The van der Waals surface area contributed by atoms with Crippen molar-refractivity contribution < 1.29 is 27.4 Å². The molecule has 2 aliphatic rings. The lowest BCUT2D eigenvalue weighted by atomic mass is 9.82. The number of ether oxygens (including phenoxy) is 2. The summed E-state index contributed by atoms with van der Waals surface area (Å²) in [5, 5.41) is 6.19. The van der Waals surface area contributed by atoms with Crippen molar-refractivity contribution in [2.24, 2.45) is 5.92 Å². The summed E-state index contributed by atoms with van der Waals surface area (Å²) in [4.78, 5) is 12.4. The normalized spacial score (nSPS) is 26.6. The molecule has 1 saturated heterocycles. The van der Waals surface area contributed by atoms with Gasteiger partial charge in [0, 0.05) is 25.0 Å². The molecule has 1 aliphatic carbocycles. The van der Waals surface area contributed by atoms with Crippen LogP contribution in [-0.2, 0) is 16.1 Å². The average Bonchev–Trinajstić information content (AvgIpc) is 2.58. The van der Waals surface area contributed by atoms with Gasteiger partial charge in [-0.05, 0) is 37.0 Å². The molecule has 0 aromatic heterocycles. The molecule has 25 heavy (non-hydrogen) atoms. The minimum atomic E-state index is -4.73. The maximum Gasteiger partial charge on any atom is 0.573 e. The number of amides is 1. The molecule has 0 bridgehead atoms. The van der Waals surface area contributed by atoms with Gasteiger partial charge in [0.2, 0.25) is 5.91 Å². The van der Waals surface area contributed by atoms with Gasteiger partial charge in [0.25, 0.3) is 0 Å². The molecule has 0 spiro atoms. The molecule has 5 nitrogen and oxygen atoms in total. The number of hydrogen-bond acceptors (Lipinski definition) is 4. The number of fused-ring (bicyclic) bond motifs is 1. The van der Waals surface area contributed by atoms with Crippen LogP contribution in [0.1, 0.15) is 24.8 Å². The monoisotopic (exact) mass is 358 g/mol. The van der Waals surface area contributed by atoms with E-state index in [2.05, 4.69) is 15.4 Å². The molecule has 8 heteroatoms. The van der Waals surface area contributed by atoms with E-state index in [0.29, 0.717) is 18.6 Å². The summed E-state index contributed by atoms with van der Waals surface area (Å²) in [6, 6.07) is 5.83. The number of alkyl halides is 3. The van der Waals surface area contributed by atoms with E-state index in [-0.39, 0.29) is 36.3 Å². The summed E-state index contributed by atoms with van der Waals surface area (Å²) in [7, 11) is 0. The molecule has 0 unspecified atom stereocenters. The third-order valence-corrected chi connectivity index (χ3v) is 4.60. The van der Waals surface area contributed by atoms with Crippen molar-refractivity contribution in [2.75, 3.05) is 13.2 Å². The predicted molar refractivity (Wildman–Crippen MR) is 83.8 cm³/mol. The molecule has 2 fully saturated rings. The standard InChI is InChI=1S/C17H21F3N2O3/c18-17(19,20)25-13-3-1-2-11(8-13)10-22-16(23)12-4-5-15-14(9-12)21-6-7-24-15/h1-3,8,12,14-15,21H,4-7,9-10H2,(H,22,23)/t12-,14+,15+/m0/s1. The van der Waals surface area contributed by atoms with E-state index in [4.69, 9.17) is 4.74 Å². The Balaban J connectivity index is 1.51. The topological polar surface area (TPSA) is 59.6 Å². The minimum absolute atomic E-state index is 0.0760. The molecule has 3 rings (SSSR count). The van der Waals surface area contributed by atoms with E-state index in [1.165, 1.54) is 18.2 Å². The van der Waals surface area contributed by atoms with Gasteiger partial charge in [-0.25, -0.2) is 0 Å². The third kappa shape index (κ3) is 5.09. The van der Waals surface area contributed by atoms with Gasteiger partial charge < -0.3 is 20.1 Å². The molecule has 1 amide bonds. The van der Waals surface area contributed by atoms with Crippen molar-refractivity contribution in [3.05, 3.63) is 29.8 Å². The van der Waals surface area contributed by atoms with Crippen LogP contribution in [-0.4, -0.2) is 37.6 Å². The van der Waals surface area contributed by atoms with Crippen LogP contribution >= 0.6 is 0 Å². The summed E-state index contributed by atoms with van der Waals surface area (Å²) in [5.74, 6) is -0.471. The highest BCUT2D eigenvalue weighted by atomic mass is 19.4. The molecule has 138 valence electrons. The summed E-state index contributed by atoms with van der Waals surface area (Å²) in [5.41, 5.74) is 0.558. The van der Waals surface area contributed by atoms with Crippen LogP contribution in [0.2, 0.25) is 0 Å². The second-order valence-corrected chi connectivity index (χ2v) is 6.39. The lowest BCUT2D eigenvalue weighted by Gasteiger charge is -2.39. The summed E-state index contributed by atoms with van der Waals surface area (Å²) in [6.07, 6.45) is -2.24. The van der Waals surface area contributed by atoms with Gasteiger partial charge in [-0.15, -0.1) is 13.2 Å². The maximum absolute atomic E-state index is 12.4. The van der Waals surface area contributed by atoms with Crippen LogP contribution in [0.25, 0.3) is 0 Å². The highest BCUT2D eigenvalue weighted by molar-refractivity contribution is 5.78. The fourth-order valence-electron chi connectivity index (χ4n) is 3.44. The Morgan fingerprint density at radius 2 is 2.20 bits per heavy atom. The lowest BCUT2D eigenvalue weighted by molar-refractivity contribution is -0.274. The molecule has 1 saturated carbocycles. The number of benzene rings is 1. The van der Waals surface area contributed by atoms with Gasteiger partial charge in [0.05, 0.1) is 12.7 Å². The summed E-state index contributed by atoms with van der Waals surface area (Å²) >= 11 is 0. The van der Waals surface area contributed by atoms with Crippen LogP contribution in [0.4, 0.5) is 13.2 Å².